The Bertz CT molecular complexity index is 1500. The number of pyridine rings is 1. The number of anilines is 3. The lowest BCUT2D eigenvalue weighted by Gasteiger charge is -2.33. The number of hydrogen-bond acceptors (Lipinski definition) is 4. The van der Waals surface area contributed by atoms with Crippen molar-refractivity contribution in [3.8, 4) is 28.3 Å². The minimum absolute atomic E-state index is 0.424. The molecule has 1 aliphatic heterocycles. The molecule has 4 aromatic carbocycles. The number of rotatable bonds is 3. The van der Waals surface area contributed by atoms with E-state index in [4.69, 9.17) is 5.26 Å². The molecule has 0 aliphatic carbocycles. The van der Waals surface area contributed by atoms with Crippen molar-refractivity contribution in [3.05, 3.63) is 121 Å². The van der Waals surface area contributed by atoms with Crippen LogP contribution in [0.25, 0.3) is 22.3 Å². The van der Waals surface area contributed by atoms with Gasteiger partial charge in [-0.2, -0.15) is 5.26 Å². The summed E-state index contributed by atoms with van der Waals surface area (Å²) in [4.78, 5) is 9.07. The molecule has 0 bridgehead atoms. The van der Waals surface area contributed by atoms with Gasteiger partial charge in [-0.25, -0.2) is 4.98 Å². The molecule has 0 radical (unpaired) electrons. The van der Waals surface area contributed by atoms with Crippen LogP contribution in [-0.4, -0.2) is 4.98 Å². The monoisotopic (exact) mass is 453 g/mol. The number of hydrogen-bond donors (Lipinski definition) is 0. The Labute approximate surface area is 203 Å². The molecule has 5 aromatic rings. The van der Waals surface area contributed by atoms with Gasteiger partial charge in [0.2, 0.25) is 0 Å². The van der Waals surface area contributed by atoms with Gasteiger partial charge in [-0.1, -0.05) is 66.4 Å². The predicted octanol–water partition coefficient (Wildman–Crippen LogP) is 8.22. The van der Waals surface area contributed by atoms with E-state index in [0.717, 1.165) is 27.9 Å². The molecule has 34 heavy (non-hydrogen) atoms. The van der Waals surface area contributed by atoms with Crippen LogP contribution in [-0.2, 0) is 0 Å². The number of nitriles is 1. The molecule has 0 atom stereocenters. The van der Waals surface area contributed by atoms with Gasteiger partial charge in [0, 0.05) is 27.2 Å². The number of para-hydroxylation sites is 2. The summed E-state index contributed by atoms with van der Waals surface area (Å²) in [5, 5.41) is 9.03. The molecular weight excluding hydrogens is 434 g/mol. The van der Waals surface area contributed by atoms with Crippen LogP contribution in [0, 0.1) is 11.3 Å². The highest BCUT2D eigenvalue weighted by atomic mass is 32.2. The third-order valence-corrected chi connectivity index (χ3v) is 7.07. The zero-order valence-corrected chi connectivity index (χ0v) is 19.0. The topological polar surface area (TPSA) is 39.9 Å². The Morgan fingerprint density at radius 2 is 1.24 bits per heavy atom. The van der Waals surface area contributed by atoms with Gasteiger partial charge in [0.15, 0.2) is 0 Å². The highest BCUT2D eigenvalue weighted by Crippen LogP contribution is 2.51. The van der Waals surface area contributed by atoms with E-state index in [2.05, 4.69) is 113 Å². The first-order chi connectivity index (χ1) is 16.8. The van der Waals surface area contributed by atoms with Crippen molar-refractivity contribution in [3.63, 3.8) is 0 Å². The van der Waals surface area contributed by atoms with Crippen molar-refractivity contribution >= 4 is 28.8 Å². The van der Waals surface area contributed by atoms with E-state index in [9.17, 15) is 0 Å². The number of nitrogens with zero attached hydrogens (tertiary/aromatic N) is 3. The maximum atomic E-state index is 9.03. The van der Waals surface area contributed by atoms with Gasteiger partial charge in [-0.3, -0.25) is 0 Å². The largest absolute Gasteiger partial charge is 0.308 e. The van der Waals surface area contributed by atoms with Crippen LogP contribution in [0.3, 0.4) is 0 Å². The third-order valence-electron chi connectivity index (χ3n) is 5.94. The van der Waals surface area contributed by atoms with Crippen LogP contribution in [0.1, 0.15) is 5.69 Å². The second-order valence-corrected chi connectivity index (χ2v) is 9.13. The van der Waals surface area contributed by atoms with Crippen molar-refractivity contribution in [2.75, 3.05) is 4.90 Å². The SMILES string of the molecule is N#Cc1ccc(-c2cccc(-c3cccc(N4c5ccccc5Sc5ccccc54)c3)c2)cn1. The van der Waals surface area contributed by atoms with Gasteiger partial charge < -0.3 is 4.90 Å². The summed E-state index contributed by atoms with van der Waals surface area (Å²) in [5.41, 5.74) is 8.29. The van der Waals surface area contributed by atoms with Crippen molar-refractivity contribution in [2.45, 2.75) is 9.79 Å². The van der Waals surface area contributed by atoms with E-state index >= 15 is 0 Å². The van der Waals surface area contributed by atoms with Gasteiger partial charge in [-0.05, 0) is 71.3 Å². The first-order valence-corrected chi connectivity index (χ1v) is 11.8. The van der Waals surface area contributed by atoms with Crippen LogP contribution in [0.5, 0.6) is 0 Å². The molecule has 0 unspecified atom stereocenters. The fourth-order valence-corrected chi connectivity index (χ4v) is 5.37. The molecule has 160 valence electrons. The van der Waals surface area contributed by atoms with E-state index in [1.807, 2.05) is 17.8 Å². The Balaban J connectivity index is 1.43. The lowest BCUT2D eigenvalue weighted by Crippen LogP contribution is -2.14. The number of fused-ring (bicyclic) bond motifs is 2. The maximum Gasteiger partial charge on any atom is 0.140 e. The molecule has 0 fully saturated rings. The molecule has 4 heteroatoms. The van der Waals surface area contributed by atoms with Gasteiger partial charge in [0.05, 0.1) is 11.4 Å². The highest BCUT2D eigenvalue weighted by molar-refractivity contribution is 7.99. The predicted molar refractivity (Wildman–Crippen MR) is 139 cm³/mol. The summed E-state index contributed by atoms with van der Waals surface area (Å²) >= 11 is 1.82. The molecule has 2 heterocycles. The van der Waals surface area contributed by atoms with E-state index in [1.165, 1.54) is 21.2 Å². The minimum atomic E-state index is 0.424. The van der Waals surface area contributed by atoms with Crippen LogP contribution in [0.15, 0.2) is 125 Å². The fourth-order valence-electron chi connectivity index (χ4n) is 4.32. The first-order valence-electron chi connectivity index (χ1n) is 11.0. The molecule has 1 aliphatic rings. The Morgan fingerprint density at radius 1 is 0.618 bits per heavy atom. The summed E-state index contributed by atoms with van der Waals surface area (Å²) in [6.45, 7) is 0. The zero-order chi connectivity index (χ0) is 22.9. The summed E-state index contributed by atoms with van der Waals surface area (Å²) in [7, 11) is 0. The summed E-state index contributed by atoms with van der Waals surface area (Å²) in [6, 6.07) is 40.0. The van der Waals surface area contributed by atoms with E-state index < -0.39 is 0 Å². The minimum Gasteiger partial charge on any atom is -0.308 e. The first kappa shape index (κ1) is 20.3. The van der Waals surface area contributed by atoms with Crippen LogP contribution < -0.4 is 4.90 Å². The summed E-state index contributed by atoms with van der Waals surface area (Å²) in [6.07, 6.45) is 1.76. The average molecular weight is 454 g/mol. The molecule has 0 amide bonds. The molecule has 0 spiro atoms. The van der Waals surface area contributed by atoms with Crippen LogP contribution in [0.2, 0.25) is 0 Å². The molecule has 0 N–H and O–H groups in total. The Hall–Kier alpha value is -4.33. The molecule has 0 saturated carbocycles. The Kier molecular flexibility index (Phi) is 5.10. The molecule has 1 aromatic heterocycles. The van der Waals surface area contributed by atoms with Gasteiger partial charge in [0.25, 0.3) is 0 Å². The molecule has 3 nitrogen and oxygen atoms in total. The zero-order valence-electron chi connectivity index (χ0n) is 18.2. The molecular formula is C30H19N3S. The highest BCUT2D eigenvalue weighted by Gasteiger charge is 2.24. The standard InChI is InChI=1S/C30H19N3S/c31-19-25-16-15-24(20-32-25)22-8-5-7-21(17-22)23-9-6-10-26(18-23)33-27-11-1-3-13-29(27)34-30-14-4-2-12-28(30)33/h1-18,20H. The molecule has 6 rings (SSSR count). The van der Waals surface area contributed by atoms with Crippen LogP contribution in [0.4, 0.5) is 17.1 Å². The number of aromatic nitrogens is 1. The average Bonchev–Trinajstić information content (AvgIpc) is 2.92. The maximum absolute atomic E-state index is 9.03. The van der Waals surface area contributed by atoms with E-state index in [0.29, 0.717) is 5.69 Å². The molecule has 0 saturated heterocycles. The quantitative estimate of drug-likeness (QED) is 0.271. The lowest BCUT2D eigenvalue weighted by atomic mass is 9.99. The Morgan fingerprint density at radius 3 is 1.88 bits per heavy atom. The van der Waals surface area contributed by atoms with Gasteiger partial charge >= 0.3 is 0 Å². The van der Waals surface area contributed by atoms with E-state index in [-0.39, 0.29) is 0 Å². The summed E-state index contributed by atoms with van der Waals surface area (Å²) < 4.78 is 0. The van der Waals surface area contributed by atoms with Gasteiger partial charge in [0.1, 0.15) is 11.8 Å². The van der Waals surface area contributed by atoms with Crippen molar-refractivity contribution in [1.29, 1.82) is 5.26 Å². The second-order valence-electron chi connectivity index (χ2n) is 8.05. The fraction of sp³-hybridized carbons (Fsp3) is 0. The van der Waals surface area contributed by atoms with Crippen molar-refractivity contribution in [1.82, 2.24) is 4.98 Å². The third kappa shape index (κ3) is 3.63. The smallest absolute Gasteiger partial charge is 0.140 e. The number of benzene rings is 4. The van der Waals surface area contributed by atoms with E-state index in [1.54, 1.807) is 12.3 Å². The van der Waals surface area contributed by atoms with Crippen molar-refractivity contribution < 1.29 is 0 Å². The second kappa shape index (κ2) is 8.55. The summed E-state index contributed by atoms with van der Waals surface area (Å²) in [5.74, 6) is 0. The normalized spacial score (nSPS) is 11.9. The van der Waals surface area contributed by atoms with Gasteiger partial charge in [-0.15, -0.1) is 0 Å². The van der Waals surface area contributed by atoms with Crippen molar-refractivity contribution in [2.24, 2.45) is 0 Å². The lowest BCUT2D eigenvalue weighted by molar-refractivity contribution is 1.17. The van der Waals surface area contributed by atoms with Crippen LogP contribution >= 0.6 is 11.8 Å².